The molecule has 0 spiro atoms. The van der Waals surface area contributed by atoms with Gasteiger partial charge in [-0.05, 0) is 6.07 Å². The predicted octanol–water partition coefficient (Wildman–Crippen LogP) is 2.56. The molecule has 0 saturated carbocycles. The number of benzene rings is 1. The number of aromatic nitrogens is 2. The lowest BCUT2D eigenvalue weighted by Crippen LogP contribution is -2.07. The van der Waals surface area contributed by atoms with E-state index < -0.39 is 5.82 Å². The van der Waals surface area contributed by atoms with Crippen LogP contribution in [0, 0.1) is 18.2 Å². The van der Waals surface area contributed by atoms with Gasteiger partial charge in [-0.15, -0.1) is 18.2 Å². The van der Waals surface area contributed by atoms with Gasteiger partial charge in [0.1, 0.15) is 12.1 Å². The summed E-state index contributed by atoms with van der Waals surface area (Å²) in [4.78, 5) is 8.24. The molecule has 0 saturated heterocycles. The molecule has 0 amide bonds. The van der Waals surface area contributed by atoms with E-state index in [2.05, 4.69) is 21.2 Å². The van der Waals surface area contributed by atoms with E-state index in [0.717, 1.165) is 17.7 Å². The van der Waals surface area contributed by atoms with Crippen LogP contribution in [-0.4, -0.2) is 35.1 Å². The maximum atomic E-state index is 13.6. The maximum Gasteiger partial charge on any atom is 0.167 e. The van der Waals surface area contributed by atoms with Gasteiger partial charge < -0.3 is 10.1 Å². The van der Waals surface area contributed by atoms with Crippen molar-refractivity contribution in [1.82, 2.24) is 9.97 Å². The Morgan fingerprint density at radius 3 is 3.05 bits per heavy atom. The normalized spacial score (nSPS) is 10.2. The second-order valence-electron chi connectivity index (χ2n) is 3.91. The van der Waals surface area contributed by atoms with Crippen molar-refractivity contribution < 1.29 is 9.13 Å². The van der Waals surface area contributed by atoms with Crippen LogP contribution in [0.15, 0.2) is 18.5 Å². The summed E-state index contributed by atoms with van der Waals surface area (Å²) < 4.78 is 18.6. The summed E-state index contributed by atoms with van der Waals surface area (Å²) in [6.45, 7) is 0.720. The average molecular weight is 291 g/mol. The molecule has 0 aliphatic rings. The predicted molar refractivity (Wildman–Crippen MR) is 80.7 cm³/mol. The number of thioether (sulfide) groups is 1. The Kier molecular flexibility index (Phi) is 5.02. The first-order valence-electron chi connectivity index (χ1n) is 5.99. The van der Waals surface area contributed by atoms with E-state index in [1.54, 1.807) is 17.8 Å². The quantitative estimate of drug-likeness (QED) is 0.654. The van der Waals surface area contributed by atoms with Gasteiger partial charge in [-0.25, -0.2) is 14.4 Å². The SMILES string of the molecule is C#CCSCCNc1ncnc2cc(F)c(OC)cc12. The lowest BCUT2D eigenvalue weighted by molar-refractivity contribution is 0.387. The van der Waals surface area contributed by atoms with E-state index in [1.807, 2.05) is 0 Å². The van der Waals surface area contributed by atoms with Crippen molar-refractivity contribution in [3.63, 3.8) is 0 Å². The summed E-state index contributed by atoms with van der Waals surface area (Å²) in [5.41, 5.74) is 0.539. The third-order valence-corrected chi connectivity index (χ3v) is 3.50. The van der Waals surface area contributed by atoms with Gasteiger partial charge in [0.25, 0.3) is 0 Å². The van der Waals surface area contributed by atoms with Crippen LogP contribution in [0.25, 0.3) is 10.9 Å². The highest BCUT2D eigenvalue weighted by Gasteiger charge is 2.09. The number of nitrogens with one attached hydrogen (secondary N) is 1. The zero-order valence-corrected chi connectivity index (χ0v) is 11.8. The zero-order valence-electron chi connectivity index (χ0n) is 11.0. The molecule has 0 radical (unpaired) electrons. The van der Waals surface area contributed by atoms with Crippen LogP contribution in [0.3, 0.4) is 0 Å². The first-order valence-corrected chi connectivity index (χ1v) is 7.15. The van der Waals surface area contributed by atoms with E-state index in [9.17, 15) is 4.39 Å². The molecule has 0 aliphatic carbocycles. The molecule has 0 fully saturated rings. The fourth-order valence-electron chi connectivity index (χ4n) is 1.73. The minimum Gasteiger partial charge on any atom is -0.494 e. The van der Waals surface area contributed by atoms with Crippen LogP contribution in [0.4, 0.5) is 10.2 Å². The molecule has 0 bridgehead atoms. The number of hydrogen-bond acceptors (Lipinski definition) is 5. The lowest BCUT2D eigenvalue weighted by Gasteiger charge is -2.09. The molecular weight excluding hydrogens is 277 g/mol. The molecule has 1 aromatic carbocycles. The number of rotatable bonds is 6. The van der Waals surface area contributed by atoms with E-state index in [0.29, 0.717) is 17.1 Å². The van der Waals surface area contributed by atoms with Crippen LogP contribution < -0.4 is 10.1 Å². The largest absolute Gasteiger partial charge is 0.494 e. The van der Waals surface area contributed by atoms with Crippen molar-refractivity contribution in [1.29, 1.82) is 0 Å². The summed E-state index contributed by atoms with van der Waals surface area (Å²) in [6.07, 6.45) is 6.59. The van der Waals surface area contributed by atoms with E-state index in [4.69, 9.17) is 11.2 Å². The number of methoxy groups -OCH3 is 1. The highest BCUT2D eigenvalue weighted by atomic mass is 32.2. The Hall–Kier alpha value is -2.00. The van der Waals surface area contributed by atoms with Gasteiger partial charge in [0.05, 0.1) is 18.4 Å². The van der Waals surface area contributed by atoms with Gasteiger partial charge in [-0.1, -0.05) is 5.92 Å². The van der Waals surface area contributed by atoms with Gasteiger partial charge in [-0.2, -0.15) is 0 Å². The maximum absolute atomic E-state index is 13.6. The number of halogens is 1. The number of terminal acetylenes is 1. The van der Waals surface area contributed by atoms with Crippen molar-refractivity contribution >= 4 is 28.5 Å². The number of ether oxygens (including phenoxy) is 1. The Balaban J connectivity index is 2.18. The molecule has 104 valence electrons. The molecule has 0 atom stereocenters. The minimum atomic E-state index is -0.436. The highest BCUT2D eigenvalue weighted by Crippen LogP contribution is 2.27. The van der Waals surface area contributed by atoms with Gasteiger partial charge in [0.2, 0.25) is 0 Å². The Morgan fingerprint density at radius 1 is 1.45 bits per heavy atom. The Bertz CT molecular complexity index is 642. The van der Waals surface area contributed by atoms with Crippen molar-refractivity contribution in [3.8, 4) is 18.1 Å². The van der Waals surface area contributed by atoms with Crippen LogP contribution in [0.1, 0.15) is 0 Å². The third kappa shape index (κ3) is 3.31. The van der Waals surface area contributed by atoms with Crippen LogP contribution in [-0.2, 0) is 0 Å². The number of anilines is 1. The fraction of sp³-hybridized carbons (Fsp3) is 0.286. The van der Waals surface area contributed by atoms with Crippen LogP contribution in [0.5, 0.6) is 5.75 Å². The summed E-state index contributed by atoms with van der Waals surface area (Å²) in [7, 11) is 1.43. The molecule has 1 N–H and O–H groups in total. The molecule has 20 heavy (non-hydrogen) atoms. The standard InChI is InChI=1S/C14H14FN3OS/c1-3-5-20-6-4-16-14-10-7-13(19-2)11(15)8-12(10)17-9-18-14/h1,7-9H,4-6H2,2H3,(H,16,17,18). The fourth-order valence-corrected chi connectivity index (χ4v) is 2.24. The summed E-state index contributed by atoms with van der Waals surface area (Å²) in [5, 5.41) is 3.93. The third-order valence-electron chi connectivity index (χ3n) is 2.63. The second-order valence-corrected chi connectivity index (χ2v) is 5.01. The molecule has 4 nitrogen and oxygen atoms in total. The number of nitrogens with zero attached hydrogens (tertiary/aromatic N) is 2. The van der Waals surface area contributed by atoms with E-state index in [-0.39, 0.29) is 5.75 Å². The molecule has 2 aromatic rings. The summed E-state index contributed by atoms with van der Waals surface area (Å²) in [5.74, 6) is 4.53. The lowest BCUT2D eigenvalue weighted by atomic mass is 10.2. The minimum absolute atomic E-state index is 0.178. The second kappa shape index (κ2) is 6.96. The van der Waals surface area contributed by atoms with Crippen molar-refractivity contribution in [2.24, 2.45) is 0 Å². The zero-order chi connectivity index (χ0) is 14.4. The van der Waals surface area contributed by atoms with Crippen molar-refractivity contribution in [2.75, 3.05) is 30.5 Å². The smallest absolute Gasteiger partial charge is 0.167 e. The molecular formula is C14H14FN3OS. The van der Waals surface area contributed by atoms with Crippen molar-refractivity contribution in [2.45, 2.75) is 0 Å². The van der Waals surface area contributed by atoms with E-state index in [1.165, 1.54) is 19.5 Å². The Morgan fingerprint density at radius 2 is 2.30 bits per heavy atom. The molecule has 1 heterocycles. The van der Waals surface area contributed by atoms with Crippen LogP contribution in [0.2, 0.25) is 0 Å². The molecule has 2 rings (SSSR count). The topological polar surface area (TPSA) is 47.0 Å². The van der Waals surface area contributed by atoms with Crippen LogP contribution >= 0.6 is 11.8 Å². The molecule has 0 unspecified atom stereocenters. The Labute approximate surface area is 121 Å². The van der Waals surface area contributed by atoms with E-state index >= 15 is 0 Å². The molecule has 1 aromatic heterocycles. The van der Waals surface area contributed by atoms with Gasteiger partial charge in [0, 0.05) is 23.8 Å². The molecule has 0 aliphatic heterocycles. The monoisotopic (exact) mass is 291 g/mol. The van der Waals surface area contributed by atoms with Gasteiger partial charge >= 0.3 is 0 Å². The number of hydrogen-bond donors (Lipinski definition) is 1. The molecule has 6 heteroatoms. The average Bonchev–Trinajstić information content (AvgIpc) is 2.46. The van der Waals surface area contributed by atoms with Gasteiger partial charge in [0.15, 0.2) is 11.6 Å². The first kappa shape index (κ1) is 14.4. The van der Waals surface area contributed by atoms with Crippen molar-refractivity contribution in [3.05, 3.63) is 24.3 Å². The summed E-state index contributed by atoms with van der Waals surface area (Å²) >= 11 is 1.66. The van der Waals surface area contributed by atoms with Gasteiger partial charge in [-0.3, -0.25) is 0 Å². The number of fused-ring (bicyclic) bond motifs is 1. The summed E-state index contributed by atoms with van der Waals surface area (Å²) in [6, 6.07) is 2.94. The first-order chi connectivity index (χ1) is 9.76. The highest BCUT2D eigenvalue weighted by molar-refractivity contribution is 7.99.